The van der Waals surface area contributed by atoms with Crippen molar-refractivity contribution in [2.75, 3.05) is 0 Å². The van der Waals surface area contributed by atoms with Gasteiger partial charge in [0.05, 0.1) is 5.56 Å². The van der Waals surface area contributed by atoms with E-state index < -0.39 is 17.9 Å². The second-order valence-corrected chi connectivity index (χ2v) is 3.02. The Hall–Kier alpha value is -2.32. The molecule has 0 atom stereocenters. The van der Waals surface area contributed by atoms with Crippen LogP contribution >= 0.6 is 0 Å². The van der Waals surface area contributed by atoms with E-state index in [4.69, 9.17) is 5.11 Å². The van der Waals surface area contributed by atoms with E-state index >= 15 is 0 Å². The number of benzene rings is 1. The van der Waals surface area contributed by atoms with Crippen LogP contribution in [0, 0.1) is 0 Å². The molecule has 0 saturated heterocycles. The predicted octanol–water partition coefficient (Wildman–Crippen LogP) is 1.56. The molecule has 1 aromatic heterocycles. The topological polar surface area (TPSA) is 77.2 Å². The van der Waals surface area contributed by atoms with Crippen LogP contribution in [0.25, 0.3) is 11.0 Å². The van der Waals surface area contributed by atoms with Crippen molar-refractivity contribution < 1.29 is 27.9 Å². The molecule has 0 saturated carbocycles. The van der Waals surface area contributed by atoms with Crippen molar-refractivity contribution in [1.82, 2.24) is 15.2 Å². The molecule has 0 fully saturated rings. The van der Waals surface area contributed by atoms with E-state index in [9.17, 15) is 18.0 Å². The Labute approximate surface area is 91.2 Å². The first-order valence-corrected chi connectivity index (χ1v) is 4.22. The third kappa shape index (κ3) is 2.12. The van der Waals surface area contributed by atoms with Crippen molar-refractivity contribution in [2.24, 2.45) is 0 Å². The number of alkyl halides is 3. The Morgan fingerprint density at radius 3 is 2.71 bits per heavy atom. The van der Waals surface area contributed by atoms with Gasteiger partial charge in [-0.05, 0) is 23.4 Å². The van der Waals surface area contributed by atoms with Gasteiger partial charge in [0, 0.05) is 0 Å². The lowest BCUT2D eigenvalue weighted by molar-refractivity contribution is -0.137. The number of fused-ring (bicyclic) bond motifs is 1. The van der Waals surface area contributed by atoms with Crippen LogP contribution in [-0.4, -0.2) is 26.4 Å². The van der Waals surface area contributed by atoms with Gasteiger partial charge in [-0.2, -0.15) is 13.2 Å². The van der Waals surface area contributed by atoms with Crippen molar-refractivity contribution >= 4 is 17.2 Å². The van der Waals surface area contributed by atoms with Gasteiger partial charge in [0.2, 0.25) is 0 Å². The molecule has 2 rings (SSSR count). The van der Waals surface area contributed by atoms with Gasteiger partial charge < -0.3 is 5.11 Å². The van der Waals surface area contributed by atoms with Crippen LogP contribution in [-0.2, 0) is 6.18 Å². The van der Waals surface area contributed by atoms with E-state index in [1.54, 1.807) is 0 Å². The van der Waals surface area contributed by atoms with Crippen molar-refractivity contribution in [1.29, 1.82) is 0 Å². The van der Waals surface area contributed by atoms with Crippen LogP contribution in [0.15, 0.2) is 18.2 Å². The van der Waals surface area contributed by atoms with Gasteiger partial charge in [0.25, 0.3) is 0 Å². The van der Waals surface area contributed by atoms with Crippen molar-refractivity contribution in [3.8, 4) is 0 Å². The van der Waals surface area contributed by atoms with E-state index in [1.165, 1.54) is 0 Å². The van der Waals surface area contributed by atoms with E-state index in [2.05, 4.69) is 15.1 Å². The van der Waals surface area contributed by atoms with E-state index in [1.807, 2.05) is 0 Å². The average Bonchev–Trinajstić information content (AvgIpc) is 2.59. The number of halogens is 3. The lowest BCUT2D eigenvalue weighted by Crippen LogP contribution is -2.18. The van der Waals surface area contributed by atoms with E-state index in [-0.39, 0.29) is 11.0 Å². The monoisotopic (exact) mass is 247 g/mol. The lowest BCUT2D eigenvalue weighted by Gasteiger charge is -2.06. The highest BCUT2D eigenvalue weighted by Crippen LogP contribution is 2.30. The molecule has 6 nitrogen and oxygen atoms in total. The minimum absolute atomic E-state index is 0.0965. The Kier molecular flexibility index (Phi) is 2.37. The first-order valence-electron chi connectivity index (χ1n) is 4.22. The zero-order valence-electron chi connectivity index (χ0n) is 7.97. The second kappa shape index (κ2) is 3.61. The van der Waals surface area contributed by atoms with Gasteiger partial charge in [-0.15, -0.1) is 5.10 Å². The summed E-state index contributed by atoms with van der Waals surface area (Å²) in [5.41, 5.74) is -1.02. The van der Waals surface area contributed by atoms with Crippen LogP contribution in [0.3, 0.4) is 0 Å². The maximum Gasteiger partial charge on any atom is 0.532 e. The highest BCUT2D eigenvalue weighted by molar-refractivity contribution is 5.75. The molecule has 0 unspecified atom stereocenters. The maximum absolute atomic E-state index is 12.4. The summed E-state index contributed by atoms with van der Waals surface area (Å²) >= 11 is 0. The van der Waals surface area contributed by atoms with Crippen molar-refractivity contribution in [2.45, 2.75) is 6.18 Å². The number of rotatable bonds is 1. The van der Waals surface area contributed by atoms with Crippen LogP contribution in [0.1, 0.15) is 5.56 Å². The SMILES string of the molecule is O=C(O)On1nnc2ccc(C(F)(F)F)cc21. The summed E-state index contributed by atoms with van der Waals surface area (Å²) in [6.07, 6.45) is -6.24. The molecule has 1 heterocycles. The summed E-state index contributed by atoms with van der Waals surface area (Å²) in [6.45, 7) is 0. The van der Waals surface area contributed by atoms with Gasteiger partial charge in [-0.25, -0.2) is 4.79 Å². The number of hydrogen-bond acceptors (Lipinski definition) is 4. The molecular formula is C8H4F3N3O3. The quantitative estimate of drug-likeness (QED) is 0.773. The van der Waals surface area contributed by atoms with Crippen molar-refractivity contribution in [3.63, 3.8) is 0 Å². The van der Waals surface area contributed by atoms with Gasteiger partial charge in [0.15, 0.2) is 0 Å². The average molecular weight is 247 g/mol. The number of aromatic nitrogens is 3. The molecule has 0 aliphatic heterocycles. The summed E-state index contributed by atoms with van der Waals surface area (Å²) in [6, 6.07) is 2.60. The number of carboxylic acid groups (broad SMARTS) is 1. The lowest BCUT2D eigenvalue weighted by atomic mass is 10.2. The summed E-state index contributed by atoms with van der Waals surface area (Å²) in [4.78, 5) is 14.8. The second-order valence-electron chi connectivity index (χ2n) is 3.02. The molecule has 9 heteroatoms. The van der Waals surface area contributed by atoms with Crippen LogP contribution in [0.5, 0.6) is 0 Å². The van der Waals surface area contributed by atoms with Gasteiger partial charge in [-0.1, -0.05) is 4.85 Å². The predicted molar refractivity (Wildman–Crippen MR) is 47.1 cm³/mol. The molecule has 1 N–H and O–H groups in total. The normalized spacial score (nSPS) is 11.7. The van der Waals surface area contributed by atoms with Crippen LogP contribution in [0.4, 0.5) is 18.0 Å². The number of carbonyl (C=O) groups is 1. The minimum Gasteiger partial charge on any atom is -0.448 e. The number of hydrogen-bond donors (Lipinski definition) is 1. The zero-order valence-corrected chi connectivity index (χ0v) is 7.97. The summed E-state index contributed by atoms with van der Waals surface area (Å²) in [5.74, 6) is 0. The maximum atomic E-state index is 12.4. The Morgan fingerprint density at radius 1 is 1.41 bits per heavy atom. The molecule has 1 aromatic carbocycles. The molecule has 90 valence electrons. The Bertz CT molecular complexity index is 578. The van der Waals surface area contributed by atoms with Gasteiger partial charge >= 0.3 is 12.3 Å². The standard InChI is InChI=1S/C8H4F3N3O3/c9-8(10,11)4-1-2-5-6(3-4)14(13-12-5)17-7(15)16/h1-3H,(H,15,16). The third-order valence-electron chi connectivity index (χ3n) is 1.91. The fourth-order valence-corrected chi connectivity index (χ4v) is 1.22. The minimum atomic E-state index is -4.54. The van der Waals surface area contributed by atoms with Crippen LogP contribution in [0.2, 0.25) is 0 Å². The summed E-state index contributed by atoms with van der Waals surface area (Å²) in [7, 11) is 0. The molecule has 0 amide bonds. The first-order chi connectivity index (χ1) is 7.88. The van der Waals surface area contributed by atoms with Crippen molar-refractivity contribution in [3.05, 3.63) is 23.8 Å². The molecule has 0 radical (unpaired) electrons. The largest absolute Gasteiger partial charge is 0.532 e. The van der Waals surface area contributed by atoms with E-state index in [0.717, 1.165) is 12.1 Å². The molecule has 0 spiro atoms. The Morgan fingerprint density at radius 2 is 2.12 bits per heavy atom. The molecule has 0 aliphatic rings. The highest BCUT2D eigenvalue weighted by atomic mass is 19.4. The summed E-state index contributed by atoms with van der Waals surface area (Å²) < 4.78 is 37.2. The molecular weight excluding hydrogens is 243 g/mol. The molecule has 17 heavy (non-hydrogen) atoms. The third-order valence-corrected chi connectivity index (χ3v) is 1.91. The first kappa shape index (κ1) is 11.2. The Balaban J connectivity index is 2.54. The van der Waals surface area contributed by atoms with Crippen LogP contribution < -0.4 is 4.84 Å². The molecule has 2 aromatic rings. The zero-order chi connectivity index (χ0) is 12.6. The highest BCUT2D eigenvalue weighted by Gasteiger charge is 2.31. The molecule has 0 aliphatic carbocycles. The molecule has 0 bridgehead atoms. The van der Waals surface area contributed by atoms with Gasteiger partial charge in [-0.3, -0.25) is 4.84 Å². The fourth-order valence-electron chi connectivity index (χ4n) is 1.22. The fraction of sp³-hybridized carbons (Fsp3) is 0.125. The van der Waals surface area contributed by atoms with E-state index in [0.29, 0.717) is 10.9 Å². The number of nitrogens with zero attached hydrogens (tertiary/aromatic N) is 3. The smallest absolute Gasteiger partial charge is 0.448 e. The van der Waals surface area contributed by atoms with Gasteiger partial charge in [0.1, 0.15) is 11.0 Å². The summed E-state index contributed by atoms with van der Waals surface area (Å²) in [5, 5.41) is 15.0.